The molecule has 0 bridgehead atoms. The lowest BCUT2D eigenvalue weighted by molar-refractivity contribution is 0.00578. The number of rotatable bonds is 6. The second-order valence-electron chi connectivity index (χ2n) is 8.49. The lowest BCUT2D eigenvalue weighted by Crippen LogP contribution is -2.41. The van der Waals surface area contributed by atoms with Crippen molar-refractivity contribution in [2.24, 2.45) is 5.41 Å². The van der Waals surface area contributed by atoms with Gasteiger partial charge < -0.3 is 19.4 Å². The van der Waals surface area contributed by atoms with Crippen LogP contribution in [0.1, 0.15) is 51.9 Å². The van der Waals surface area contributed by atoms with Crippen LogP contribution in [0.25, 0.3) is 0 Å². The van der Waals surface area contributed by atoms with E-state index in [2.05, 4.69) is 19.2 Å². The van der Waals surface area contributed by atoms with Crippen molar-refractivity contribution in [3.05, 3.63) is 29.8 Å². The Bertz CT molecular complexity index is 594. The number of carbonyl (C=O) groups is 1. The van der Waals surface area contributed by atoms with E-state index >= 15 is 0 Å². The number of benzene rings is 1. The molecule has 1 aliphatic rings. The van der Waals surface area contributed by atoms with Crippen LogP contribution in [0.4, 0.5) is 0 Å². The molecule has 1 fully saturated rings. The van der Waals surface area contributed by atoms with Crippen molar-refractivity contribution in [1.29, 1.82) is 0 Å². The van der Waals surface area contributed by atoms with Gasteiger partial charge in [-0.2, -0.15) is 0 Å². The first-order valence-electron chi connectivity index (χ1n) is 8.70. The number of carbonyl (C=O) groups excluding carboxylic acids is 1. The van der Waals surface area contributed by atoms with Gasteiger partial charge >= 0.3 is 7.12 Å². The van der Waals surface area contributed by atoms with Gasteiger partial charge in [-0.3, -0.25) is 4.79 Å². The molecule has 0 aliphatic carbocycles. The highest BCUT2D eigenvalue weighted by Gasteiger charge is 2.51. The van der Waals surface area contributed by atoms with Crippen molar-refractivity contribution in [1.82, 2.24) is 5.32 Å². The molecule has 2 rings (SSSR count). The van der Waals surface area contributed by atoms with Gasteiger partial charge in [0.15, 0.2) is 0 Å². The Hall–Kier alpha value is -1.37. The lowest BCUT2D eigenvalue weighted by Gasteiger charge is -2.32. The Morgan fingerprint density at radius 1 is 1.12 bits per heavy atom. The Morgan fingerprint density at radius 2 is 1.64 bits per heavy atom. The third kappa shape index (κ3) is 4.63. The molecule has 0 atom stereocenters. The monoisotopic (exact) mass is 347 g/mol. The van der Waals surface area contributed by atoms with Gasteiger partial charge in [-0.1, -0.05) is 26.0 Å². The molecule has 0 saturated carbocycles. The Kier molecular flexibility index (Phi) is 5.67. The topological polar surface area (TPSA) is 56.8 Å². The second kappa shape index (κ2) is 7.10. The Morgan fingerprint density at radius 3 is 2.12 bits per heavy atom. The number of amides is 1. The van der Waals surface area contributed by atoms with E-state index in [4.69, 9.17) is 14.0 Å². The molecule has 1 aliphatic heterocycles. The first kappa shape index (κ1) is 20.0. The van der Waals surface area contributed by atoms with Crippen LogP contribution < -0.4 is 10.8 Å². The fourth-order valence-corrected chi connectivity index (χ4v) is 2.63. The van der Waals surface area contributed by atoms with E-state index in [9.17, 15) is 4.79 Å². The molecule has 0 spiro atoms. The average Bonchev–Trinajstić information content (AvgIpc) is 2.73. The molecule has 1 amide bonds. The van der Waals surface area contributed by atoms with Gasteiger partial charge in [0.05, 0.1) is 17.8 Å². The standard InChI is InChI=1S/C19H30BNO4/c1-17(2,13-23-7)12-21-16(22)14-8-10-15(11-9-14)20-24-18(3,4)19(5,6)25-20/h8-11H,12-13H2,1-7H3,(H,21,22). The van der Waals surface area contributed by atoms with Crippen molar-refractivity contribution in [3.8, 4) is 0 Å². The SMILES string of the molecule is COCC(C)(C)CNC(=O)c1ccc(B2OC(C)(C)C(C)(C)O2)cc1. The fourth-order valence-electron chi connectivity index (χ4n) is 2.63. The highest BCUT2D eigenvalue weighted by atomic mass is 16.7. The number of hydrogen-bond donors (Lipinski definition) is 1. The Labute approximate surface area is 151 Å². The van der Waals surface area contributed by atoms with E-state index in [1.807, 2.05) is 39.8 Å². The van der Waals surface area contributed by atoms with Gasteiger partial charge in [-0.15, -0.1) is 0 Å². The van der Waals surface area contributed by atoms with Crippen molar-refractivity contribution in [3.63, 3.8) is 0 Å². The van der Waals surface area contributed by atoms with E-state index < -0.39 is 7.12 Å². The molecule has 1 aromatic rings. The summed E-state index contributed by atoms with van der Waals surface area (Å²) in [7, 11) is 1.25. The quantitative estimate of drug-likeness (QED) is 0.803. The van der Waals surface area contributed by atoms with Crippen molar-refractivity contribution >= 4 is 18.5 Å². The van der Waals surface area contributed by atoms with E-state index in [-0.39, 0.29) is 22.5 Å². The zero-order valence-corrected chi connectivity index (χ0v) is 16.4. The van der Waals surface area contributed by atoms with Crippen LogP contribution in [0.3, 0.4) is 0 Å². The molecular weight excluding hydrogens is 317 g/mol. The molecule has 25 heavy (non-hydrogen) atoms. The van der Waals surface area contributed by atoms with Gasteiger partial charge in [-0.25, -0.2) is 0 Å². The molecule has 5 nitrogen and oxygen atoms in total. The van der Waals surface area contributed by atoms with Gasteiger partial charge in [0.25, 0.3) is 5.91 Å². The van der Waals surface area contributed by atoms with Crippen molar-refractivity contribution < 1.29 is 18.8 Å². The van der Waals surface area contributed by atoms with Crippen LogP contribution in [0.2, 0.25) is 0 Å². The lowest BCUT2D eigenvalue weighted by atomic mass is 9.79. The summed E-state index contributed by atoms with van der Waals surface area (Å²) in [5, 5.41) is 2.96. The molecule has 1 aromatic carbocycles. The van der Waals surface area contributed by atoms with Crippen LogP contribution in [0.15, 0.2) is 24.3 Å². The summed E-state index contributed by atoms with van der Waals surface area (Å²) < 4.78 is 17.2. The highest BCUT2D eigenvalue weighted by Crippen LogP contribution is 2.36. The number of methoxy groups -OCH3 is 1. The summed E-state index contributed by atoms with van der Waals surface area (Å²) in [5.74, 6) is -0.0929. The van der Waals surface area contributed by atoms with Gasteiger partial charge in [0.2, 0.25) is 0 Å². The molecule has 0 unspecified atom stereocenters. The van der Waals surface area contributed by atoms with Crippen LogP contribution in [-0.2, 0) is 14.0 Å². The summed E-state index contributed by atoms with van der Waals surface area (Å²) in [5.41, 5.74) is 0.678. The van der Waals surface area contributed by atoms with Crippen molar-refractivity contribution in [2.75, 3.05) is 20.3 Å². The summed E-state index contributed by atoms with van der Waals surface area (Å²) in [6, 6.07) is 7.38. The molecule has 0 aromatic heterocycles. The predicted octanol–water partition coefficient (Wildman–Crippen LogP) is 2.39. The summed E-state index contributed by atoms with van der Waals surface area (Å²) in [6.45, 7) is 13.4. The van der Waals surface area contributed by atoms with Crippen LogP contribution in [0, 0.1) is 5.41 Å². The second-order valence-corrected chi connectivity index (χ2v) is 8.49. The van der Waals surface area contributed by atoms with E-state index in [0.29, 0.717) is 18.7 Å². The van der Waals surface area contributed by atoms with Gasteiger partial charge in [0, 0.05) is 24.6 Å². The predicted molar refractivity (Wildman–Crippen MR) is 100 cm³/mol. The molecule has 0 radical (unpaired) electrons. The zero-order chi connectivity index (χ0) is 18.9. The van der Waals surface area contributed by atoms with Crippen LogP contribution in [-0.4, -0.2) is 44.5 Å². The van der Waals surface area contributed by atoms with Crippen LogP contribution >= 0.6 is 0 Å². The Balaban J connectivity index is 2.00. The number of ether oxygens (including phenoxy) is 1. The first-order valence-corrected chi connectivity index (χ1v) is 8.70. The minimum absolute atomic E-state index is 0.0929. The van der Waals surface area contributed by atoms with Gasteiger partial charge in [0.1, 0.15) is 0 Å². The zero-order valence-electron chi connectivity index (χ0n) is 16.4. The van der Waals surface area contributed by atoms with E-state index in [1.165, 1.54) is 0 Å². The average molecular weight is 347 g/mol. The minimum atomic E-state index is -0.414. The van der Waals surface area contributed by atoms with Crippen LogP contribution in [0.5, 0.6) is 0 Å². The molecule has 1 heterocycles. The molecule has 1 saturated heterocycles. The smallest absolute Gasteiger partial charge is 0.399 e. The summed E-state index contributed by atoms with van der Waals surface area (Å²) in [4.78, 5) is 12.3. The maximum absolute atomic E-state index is 12.3. The largest absolute Gasteiger partial charge is 0.494 e. The first-order chi connectivity index (χ1) is 11.5. The minimum Gasteiger partial charge on any atom is -0.399 e. The highest BCUT2D eigenvalue weighted by molar-refractivity contribution is 6.62. The molecule has 1 N–H and O–H groups in total. The fraction of sp³-hybridized carbons (Fsp3) is 0.632. The number of nitrogens with one attached hydrogen (secondary N) is 1. The normalized spacial score (nSPS) is 19.1. The van der Waals surface area contributed by atoms with Crippen molar-refractivity contribution in [2.45, 2.75) is 52.7 Å². The third-order valence-corrected chi connectivity index (χ3v) is 4.96. The third-order valence-electron chi connectivity index (χ3n) is 4.96. The van der Waals surface area contributed by atoms with Gasteiger partial charge in [-0.05, 0) is 45.3 Å². The summed E-state index contributed by atoms with van der Waals surface area (Å²) in [6.07, 6.45) is 0. The summed E-state index contributed by atoms with van der Waals surface area (Å²) >= 11 is 0. The maximum Gasteiger partial charge on any atom is 0.494 e. The maximum atomic E-state index is 12.3. The molecule has 6 heteroatoms. The van der Waals surface area contributed by atoms with E-state index in [0.717, 1.165) is 5.46 Å². The number of hydrogen-bond acceptors (Lipinski definition) is 4. The van der Waals surface area contributed by atoms with E-state index in [1.54, 1.807) is 19.2 Å². The molecular formula is C19H30BNO4. The molecule has 138 valence electrons.